The molecule has 9 heteroatoms. The molecular weight excluding hydrogens is 448 g/mol. The van der Waals surface area contributed by atoms with Crippen molar-refractivity contribution in [2.24, 2.45) is 0 Å². The van der Waals surface area contributed by atoms with Crippen LogP contribution in [0, 0.1) is 0 Å². The monoisotopic (exact) mass is 476 g/mol. The van der Waals surface area contributed by atoms with Gasteiger partial charge in [-0.3, -0.25) is 19.2 Å². The maximum Gasteiger partial charge on any atom is 0.308 e. The van der Waals surface area contributed by atoms with Crippen molar-refractivity contribution in [3.8, 4) is 0 Å². The number of carbonyl (C=O) groups excluding carboxylic acids is 3. The number of H-pyrrole nitrogens is 1. The summed E-state index contributed by atoms with van der Waals surface area (Å²) in [5.74, 6) is -2.03. The minimum absolute atomic E-state index is 0.00945. The Morgan fingerprint density at radius 2 is 1.51 bits per heavy atom. The van der Waals surface area contributed by atoms with E-state index in [0.717, 1.165) is 17.3 Å². The number of nitrogens with zero attached hydrogens (tertiary/aromatic N) is 1. The van der Waals surface area contributed by atoms with Crippen LogP contribution in [0.4, 0.5) is 0 Å². The number of rotatable bonds is 8. The summed E-state index contributed by atoms with van der Waals surface area (Å²) in [4.78, 5) is 55.8. The van der Waals surface area contributed by atoms with Gasteiger partial charge in [-0.1, -0.05) is 60.7 Å². The first-order chi connectivity index (χ1) is 16.6. The number of carbonyl (C=O) groups is 3. The van der Waals surface area contributed by atoms with Crippen LogP contribution in [0.2, 0.25) is 0 Å². The number of hydrogen-bond acceptors (Lipinski definition) is 6. The molecule has 0 aliphatic carbocycles. The van der Waals surface area contributed by atoms with Crippen LogP contribution in [-0.2, 0) is 9.53 Å². The van der Waals surface area contributed by atoms with Gasteiger partial charge in [0.05, 0.1) is 12.5 Å². The minimum atomic E-state index is -0.755. The molecular formula is C26H28N4O5. The molecule has 1 heterocycles. The third-order valence-electron chi connectivity index (χ3n) is 4.83. The summed E-state index contributed by atoms with van der Waals surface area (Å²) in [5, 5.41) is 5.36. The van der Waals surface area contributed by atoms with E-state index in [1.807, 2.05) is 60.7 Å². The Balaban J connectivity index is 1.68. The Kier molecular flexibility index (Phi) is 8.14. The van der Waals surface area contributed by atoms with Gasteiger partial charge in [-0.2, -0.15) is 0 Å². The zero-order chi connectivity index (χ0) is 25.4. The number of hydrogen-bond donors (Lipinski definition) is 3. The molecule has 0 atom stereocenters. The molecule has 182 valence electrons. The maximum atomic E-state index is 12.9. The second-order valence-electron chi connectivity index (χ2n) is 8.79. The normalized spacial score (nSPS) is 11.1. The summed E-state index contributed by atoms with van der Waals surface area (Å²) >= 11 is 0. The molecule has 0 spiro atoms. The highest BCUT2D eigenvalue weighted by Crippen LogP contribution is 2.22. The van der Waals surface area contributed by atoms with Crippen molar-refractivity contribution < 1.29 is 19.1 Å². The van der Waals surface area contributed by atoms with Crippen LogP contribution in [0.15, 0.2) is 71.7 Å². The molecule has 0 fully saturated rings. The van der Waals surface area contributed by atoms with E-state index in [2.05, 4.69) is 20.6 Å². The molecule has 3 N–H and O–H groups in total. The molecule has 0 aliphatic heterocycles. The molecule has 0 aliphatic rings. The number of ether oxygens (including phenoxy) is 1. The molecule has 35 heavy (non-hydrogen) atoms. The van der Waals surface area contributed by atoms with E-state index in [1.54, 1.807) is 20.8 Å². The van der Waals surface area contributed by atoms with Gasteiger partial charge in [0.15, 0.2) is 5.82 Å². The van der Waals surface area contributed by atoms with Gasteiger partial charge in [0.1, 0.15) is 11.2 Å². The third-order valence-corrected chi connectivity index (χ3v) is 4.83. The summed E-state index contributed by atoms with van der Waals surface area (Å²) in [6.45, 7) is 5.25. The molecule has 0 unspecified atom stereocenters. The Morgan fingerprint density at radius 3 is 2.03 bits per heavy atom. The highest BCUT2D eigenvalue weighted by molar-refractivity contribution is 5.95. The summed E-state index contributed by atoms with van der Waals surface area (Å²) in [6, 6.07) is 18.2. The van der Waals surface area contributed by atoms with E-state index in [-0.39, 0.29) is 24.4 Å². The van der Waals surface area contributed by atoms with Crippen LogP contribution < -0.4 is 16.2 Å². The number of nitrogens with one attached hydrogen (secondary N) is 3. The maximum absolute atomic E-state index is 12.9. The summed E-state index contributed by atoms with van der Waals surface area (Å²) in [7, 11) is 0. The molecule has 3 aromatic rings. The predicted molar refractivity (Wildman–Crippen MR) is 130 cm³/mol. The topological polar surface area (TPSA) is 130 Å². The van der Waals surface area contributed by atoms with Gasteiger partial charge in [-0.15, -0.1) is 0 Å². The Labute approximate surface area is 202 Å². The lowest BCUT2D eigenvalue weighted by Gasteiger charge is -2.19. The van der Waals surface area contributed by atoms with Crippen molar-refractivity contribution in [1.29, 1.82) is 0 Å². The van der Waals surface area contributed by atoms with E-state index >= 15 is 0 Å². The predicted octanol–water partition coefficient (Wildman–Crippen LogP) is 2.75. The second-order valence-corrected chi connectivity index (χ2v) is 8.79. The van der Waals surface area contributed by atoms with Crippen LogP contribution in [0.1, 0.15) is 65.3 Å². The largest absolute Gasteiger partial charge is 0.460 e. The SMILES string of the molecule is CC(C)(C)OC(=O)CCNC(=O)c1ncc(C(=O)NC(c2ccccc2)c2ccccc2)c(=O)[nH]1. The van der Waals surface area contributed by atoms with Gasteiger partial charge in [-0.25, -0.2) is 4.98 Å². The first kappa shape index (κ1) is 25.4. The average molecular weight is 477 g/mol. The van der Waals surface area contributed by atoms with Crippen LogP contribution in [0.25, 0.3) is 0 Å². The van der Waals surface area contributed by atoms with Crippen molar-refractivity contribution in [3.05, 3.63) is 99.7 Å². The smallest absolute Gasteiger partial charge is 0.308 e. The van der Waals surface area contributed by atoms with Crippen molar-refractivity contribution >= 4 is 17.8 Å². The molecule has 0 bridgehead atoms. The minimum Gasteiger partial charge on any atom is -0.460 e. The first-order valence-electron chi connectivity index (χ1n) is 11.1. The van der Waals surface area contributed by atoms with Crippen LogP contribution >= 0.6 is 0 Å². The summed E-state index contributed by atoms with van der Waals surface area (Å²) in [6.07, 6.45) is 1.03. The van der Waals surface area contributed by atoms with E-state index in [9.17, 15) is 19.2 Å². The van der Waals surface area contributed by atoms with Crippen molar-refractivity contribution in [2.45, 2.75) is 38.8 Å². The van der Waals surface area contributed by atoms with Gasteiger partial charge in [-0.05, 0) is 31.9 Å². The Bertz CT molecular complexity index is 1190. The van der Waals surface area contributed by atoms with Gasteiger partial charge < -0.3 is 20.4 Å². The Morgan fingerprint density at radius 1 is 0.943 bits per heavy atom. The molecule has 2 amide bonds. The lowest BCUT2D eigenvalue weighted by Crippen LogP contribution is -2.35. The van der Waals surface area contributed by atoms with Gasteiger partial charge in [0.2, 0.25) is 0 Å². The lowest BCUT2D eigenvalue weighted by molar-refractivity contribution is -0.154. The fraction of sp³-hybridized carbons (Fsp3) is 0.269. The standard InChI is InChI=1S/C26H28N4O5/c1-26(2,3)35-20(31)14-15-27-25(34)22-28-16-19(24(33)30-22)23(32)29-21(17-10-6-4-7-11-17)18-12-8-5-9-13-18/h4-13,16,21H,14-15H2,1-3H3,(H,27,34)(H,29,32)(H,28,30,33). The van der Waals surface area contributed by atoms with E-state index in [1.165, 1.54) is 0 Å². The molecule has 0 saturated heterocycles. The number of amides is 2. The number of benzene rings is 2. The van der Waals surface area contributed by atoms with Crippen LogP contribution in [0.5, 0.6) is 0 Å². The van der Waals surface area contributed by atoms with Crippen molar-refractivity contribution in [3.63, 3.8) is 0 Å². The molecule has 0 saturated carbocycles. The van der Waals surface area contributed by atoms with Gasteiger partial charge in [0.25, 0.3) is 17.4 Å². The number of aromatic amines is 1. The van der Waals surface area contributed by atoms with Gasteiger partial charge >= 0.3 is 5.97 Å². The van der Waals surface area contributed by atoms with E-state index in [0.29, 0.717) is 0 Å². The van der Waals surface area contributed by atoms with Crippen molar-refractivity contribution in [2.75, 3.05) is 6.54 Å². The zero-order valence-corrected chi connectivity index (χ0v) is 19.8. The zero-order valence-electron chi connectivity index (χ0n) is 19.8. The molecule has 0 radical (unpaired) electrons. The highest BCUT2D eigenvalue weighted by atomic mass is 16.6. The average Bonchev–Trinajstić information content (AvgIpc) is 2.82. The lowest BCUT2D eigenvalue weighted by atomic mass is 9.98. The fourth-order valence-electron chi connectivity index (χ4n) is 3.29. The van der Waals surface area contributed by atoms with Crippen LogP contribution in [-0.4, -0.2) is 39.9 Å². The molecule has 1 aromatic heterocycles. The molecule has 2 aromatic carbocycles. The Hall–Kier alpha value is -4.27. The first-order valence-corrected chi connectivity index (χ1v) is 11.1. The number of esters is 1. The molecule has 3 rings (SSSR count). The highest BCUT2D eigenvalue weighted by Gasteiger charge is 2.21. The summed E-state index contributed by atoms with van der Waals surface area (Å²) < 4.78 is 5.17. The van der Waals surface area contributed by atoms with Crippen LogP contribution in [0.3, 0.4) is 0 Å². The second kappa shape index (κ2) is 11.2. The third kappa shape index (κ3) is 7.36. The van der Waals surface area contributed by atoms with E-state index < -0.39 is 35.0 Å². The van der Waals surface area contributed by atoms with Crippen molar-refractivity contribution in [1.82, 2.24) is 20.6 Å². The molecule has 9 nitrogen and oxygen atoms in total. The fourth-order valence-corrected chi connectivity index (χ4v) is 3.29. The summed E-state index contributed by atoms with van der Waals surface area (Å²) in [5.41, 5.74) is 0.0845. The van der Waals surface area contributed by atoms with E-state index in [4.69, 9.17) is 4.74 Å². The van der Waals surface area contributed by atoms with Gasteiger partial charge in [0, 0.05) is 12.7 Å². The number of aromatic nitrogens is 2. The quantitative estimate of drug-likeness (QED) is 0.429.